The highest BCUT2D eigenvalue weighted by molar-refractivity contribution is 5.51. The van der Waals surface area contributed by atoms with Crippen LogP contribution in [0.1, 0.15) is 38.0 Å². The summed E-state index contributed by atoms with van der Waals surface area (Å²) in [6, 6.07) is 9.39. The lowest BCUT2D eigenvalue weighted by atomic mass is 10.0. The smallest absolute Gasteiger partial charge is 0.219 e. The third-order valence-electron chi connectivity index (χ3n) is 3.51. The van der Waals surface area contributed by atoms with E-state index in [-0.39, 0.29) is 5.60 Å². The number of hydrogen-bond acceptors (Lipinski definition) is 4. The van der Waals surface area contributed by atoms with Gasteiger partial charge in [-0.3, -0.25) is 0 Å². The molecule has 0 aliphatic carbocycles. The molecule has 110 valence electrons. The van der Waals surface area contributed by atoms with E-state index in [4.69, 9.17) is 9.47 Å². The summed E-state index contributed by atoms with van der Waals surface area (Å²) >= 11 is 0. The van der Waals surface area contributed by atoms with Gasteiger partial charge in [-0.15, -0.1) is 0 Å². The van der Waals surface area contributed by atoms with Crippen LogP contribution in [0, 0.1) is 0 Å². The molecule has 2 aromatic rings. The molecule has 21 heavy (non-hydrogen) atoms. The van der Waals surface area contributed by atoms with Crippen molar-refractivity contribution in [3.63, 3.8) is 0 Å². The van der Waals surface area contributed by atoms with Crippen LogP contribution in [0.4, 0.5) is 0 Å². The van der Waals surface area contributed by atoms with E-state index >= 15 is 0 Å². The van der Waals surface area contributed by atoms with Crippen molar-refractivity contribution in [3.05, 3.63) is 47.7 Å². The van der Waals surface area contributed by atoms with Crippen molar-refractivity contribution in [2.45, 2.75) is 38.9 Å². The van der Waals surface area contributed by atoms with Crippen molar-refractivity contribution in [2.75, 3.05) is 0 Å². The first-order valence-electron chi connectivity index (χ1n) is 7.07. The van der Waals surface area contributed by atoms with E-state index in [0.717, 1.165) is 23.3 Å². The average Bonchev–Trinajstić information content (AvgIpc) is 2.74. The van der Waals surface area contributed by atoms with E-state index in [1.165, 1.54) is 0 Å². The average molecular weight is 285 g/mol. The molecule has 2 heterocycles. The van der Waals surface area contributed by atoms with Crippen LogP contribution in [-0.4, -0.2) is 15.7 Å². The minimum Gasteiger partial charge on any atom is -0.483 e. The molecule has 1 atom stereocenters. The Labute approximate surface area is 124 Å². The second kappa shape index (κ2) is 5.04. The fourth-order valence-corrected chi connectivity index (χ4v) is 2.52. The van der Waals surface area contributed by atoms with Gasteiger partial charge in [0.15, 0.2) is 11.5 Å². The van der Waals surface area contributed by atoms with Crippen molar-refractivity contribution in [2.24, 2.45) is 0 Å². The fraction of sp³-hybridized carbons (Fsp3) is 0.353. The van der Waals surface area contributed by atoms with E-state index in [0.29, 0.717) is 11.6 Å². The molecule has 0 fully saturated rings. The SMILES string of the molecule is CC(O)c1ccnc(Oc2cccc3c2OC(C)(C)C3)c1. The lowest BCUT2D eigenvalue weighted by Crippen LogP contribution is -2.24. The summed E-state index contributed by atoms with van der Waals surface area (Å²) in [6.45, 7) is 5.83. The van der Waals surface area contributed by atoms with Gasteiger partial charge >= 0.3 is 0 Å². The largest absolute Gasteiger partial charge is 0.483 e. The molecule has 1 unspecified atom stereocenters. The lowest BCUT2D eigenvalue weighted by molar-refractivity contribution is 0.135. The van der Waals surface area contributed by atoms with Crippen molar-refractivity contribution >= 4 is 0 Å². The standard InChI is InChI=1S/C17H19NO3/c1-11(19)12-7-8-18-15(9-12)20-14-6-4-5-13-10-17(2,3)21-16(13)14/h4-9,11,19H,10H2,1-3H3. The molecule has 0 amide bonds. The molecule has 1 N–H and O–H groups in total. The van der Waals surface area contributed by atoms with Gasteiger partial charge in [0, 0.05) is 24.2 Å². The maximum absolute atomic E-state index is 9.63. The number of para-hydroxylation sites is 1. The predicted molar refractivity (Wildman–Crippen MR) is 79.8 cm³/mol. The Morgan fingerprint density at radius 3 is 2.90 bits per heavy atom. The highest BCUT2D eigenvalue weighted by Crippen LogP contribution is 2.43. The number of ether oxygens (including phenoxy) is 2. The van der Waals surface area contributed by atoms with Gasteiger partial charge in [0.2, 0.25) is 5.88 Å². The number of fused-ring (bicyclic) bond motifs is 1. The summed E-state index contributed by atoms with van der Waals surface area (Å²) in [5.41, 5.74) is 1.70. The van der Waals surface area contributed by atoms with Crippen molar-refractivity contribution in [1.29, 1.82) is 0 Å². The molecule has 0 saturated carbocycles. The number of aliphatic hydroxyl groups excluding tert-OH is 1. The Bertz CT molecular complexity index is 665. The molecule has 4 nitrogen and oxygen atoms in total. The molecular weight excluding hydrogens is 266 g/mol. The second-order valence-corrected chi connectivity index (χ2v) is 5.99. The molecule has 0 bridgehead atoms. The van der Waals surface area contributed by atoms with Gasteiger partial charge in [-0.2, -0.15) is 0 Å². The first kappa shape index (κ1) is 13.9. The Morgan fingerprint density at radius 1 is 1.33 bits per heavy atom. The van der Waals surface area contributed by atoms with E-state index < -0.39 is 6.10 Å². The Hall–Kier alpha value is -2.07. The number of benzene rings is 1. The molecule has 1 aliphatic rings. The van der Waals surface area contributed by atoms with Crippen LogP contribution in [0.15, 0.2) is 36.5 Å². The third-order valence-corrected chi connectivity index (χ3v) is 3.51. The van der Waals surface area contributed by atoms with Crippen LogP contribution in [0.5, 0.6) is 17.4 Å². The number of aromatic nitrogens is 1. The number of rotatable bonds is 3. The van der Waals surface area contributed by atoms with Crippen LogP contribution in [0.2, 0.25) is 0 Å². The molecule has 0 radical (unpaired) electrons. The summed E-state index contributed by atoms with van der Waals surface area (Å²) in [7, 11) is 0. The van der Waals surface area contributed by atoms with E-state index in [9.17, 15) is 5.11 Å². The zero-order valence-electron chi connectivity index (χ0n) is 12.5. The normalized spacial score (nSPS) is 17.0. The maximum atomic E-state index is 9.63. The second-order valence-electron chi connectivity index (χ2n) is 5.99. The highest BCUT2D eigenvalue weighted by Gasteiger charge is 2.32. The van der Waals surface area contributed by atoms with Crippen molar-refractivity contribution in [1.82, 2.24) is 4.98 Å². The molecular formula is C17H19NO3. The first-order valence-corrected chi connectivity index (χ1v) is 7.07. The fourth-order valence-electron chi connectivity index (χ4n) is 2.52. The zero-order chi connectivity index (χ0) is 15.0. The van der Waals surface area contributed by atoms with Gasteiger partial charge in [0.05, 0.1) is 6.10 Å². The van der Waals surface area contributed by atoms with Gasteiger partial charge < -0.3 is 14.6 Å². The highest BCUT2D eigenvalue weighted by atomic mass is 16.5. The minimum absolute atomic E-state index is 0.212. The van der Waals surface area contributed by atoms with Gasteiger partial charge in [0.25, 0.3) is 0 Å². The number of aliphatic hydroxyl groups is 1. The van der Waals surface area contributed by atoms with Crippen LogP contribution in [0.3, 0.4) is 0 Å². The number of pyridine rings is 1. The van der Waals surface area contributed by atoms with E-state index in [1.54, 1.807) is 25.3 Å². The molecule has 0 spiro atoms. The van der Waals surface area contributed by atoms with Crippen molar-refractivity contribution in [3.8, 4) is 17.4 Å². The number of hydrogen-bond donors (Lipinski definition) is 1. The molecule has 1 aliphatic heterocycles. The summed E-state index contributed by atoms with van der Waals surface area (Å²) in [5, 5.41) is 9.63. The Kier molecular flexibility index (Phi) is 3.33. The molecule has 1 aromatic carbocycles. The topological polar surface area (TPSA) is 51.6 Å². The lowest BCUT2D eigenvalue weighted by Gasteiger charge is -2.18. The molecule has 4 heteroatoms. The minimum atomic E-state index is -0.549. The van der Waals surface area contributed by atoms with Gasteiger partial charge in [-0.1, -0.05) is 12.1 Å². The van der Waals surface area contributed by atoms with Gasteiger partial charge in [0.1, 0.15) is 5.60 Å². The van der Waals surface area contributed by atoms with Gasteiger partial charge in [-0.25, -0.2) is 4.98 Å². The number of nitrogens with zero attached hydrogens (tertiary/aromatic N) is 1. The van der Waals surface area contributed by atoms with Crippen molar-refractivity contribution < 1.29 is 14.6 Å². The maximum Gasteiger partial charge on any atom is 0.219 e. The molecule has 1 aromatic heterocycles. The Morgan fingerprint density at radius 2 is 2.14 bits per heavy atom. The quantitative estimate of drug-likeness (QED) is 0.935. The summed E-state index contributed by atoms with van der Waals surface area (Å²) in [6.07, 6.45) is 1.94. The van der Waals surface area contributed by atoms with E-state index in [2.05, 4.69) is 24.9 Å². The summed E-state index contributed by atoms with van der Waals surface area (Å²) in [5.74, 6) is 1.90. The van der Waals surface area contributed by atoms with Crippen LogP contribution in [0.25, 0.3) is 0 Å². The Balaban J connectivity index is 1.90. The summed E-state index contributed by atoms with van der Waals surface area (Å²) in [4.78, 5) is 4.19. The molecule has 0 saturated heterocycles. The van der Waals surface area contributed by atoms with Crippen LogP contribution < -0.4 is 9.47 Å². The third kappa shape index (κ3) is 2.85. The monoisotopic (exact) mass is 285 g/mol. The predicted octanol–water partition coefficient (Wildman–Crippen LogP) is 3.64. The summed E-state index contributed by atoms with van der Waals surface area (Å²) < 4.78 is 11.8. The van der Waals surface area contributed by atoms with E-state index in [1.807, 2.05) is 12.1 Å². The van der Waals surface area contributed by atoms with Crippen LogP contribution in [-0.2, 0) is 6.42 Å². The van der Waals surface area contributed by atoms with Crippen LogP contribution >= 0.6 is 0 Å². The zero-order valence-corrected chi connectivity index (χ0v) is 12.5. The first-order chi connectivity index (χ1) is 9.94. The van der Waals surface area contributed by atoms with Gasteiger partial charge in [-0.05, 0) is 38.5 Å². The molecule has 3 rings (SSSR count).